The largest absolute Gasteiger partial charge is 0.497 e. The third kappa shape index (κ3) is 4.98. The summed E-state index contributed by atoms with van der Waals surface area (Å²) in [5.41, 5.74) is 4.04. The van der Waals surface area contributed by atoms with E-state index in [1.165, 1.54) is 5.56 Å². The van der Waals surface area contributed by atoms with Crippen molar-refractivity contribution >= 4 is 11.8 Å². The monoisotopic (exact) mass is 254 g/mol. The summed E-state index contributed by atoms with van der Waals surface area (Å²) in [4.78, 5) is 0. The molecule has 0 aliphatic rings. The number of methoxy groups -OCH3 is 1. The first-order valence-electron chi connectivity index (χ1n) is 5.85. The van der Waals surface area contributed by atoms with Gasteiger partial charge in [-0.3, -0.25) is 11.3 Å². The van der Waals surface area contributed by atoms with Crippen molar-refractivity contribution < 1.29 is 4.74 Å². The number of hydrazine groups is 1. The van der Waals surface area contributed by atoms with Crippen molar-refractivity contribution in [2.24, 2.45) is 11.8 Å². The first-order valence-corrected chi connectivity index (χ1v) is 7.00. The van der Waals surface area contributed by atoms with Gasteiger partial charge in [-0.25, -0.2) is 0 Å². The summed E-state index contributed by atoms with van der Waals surface area (Å²) in [6.07, 6.45) is 0. The second kappa shape index (κ2) is 7.58. The van der Waals surface area contributed by atoms with Crippen LogP contribution in [0.15, 0.2) is 24.3 Å². The molecule has 1 rings (SSSR count). The third-order valence-corrected chi connectivity index (χ3v) is 3.90. The number of hydrogen-bond donors (Lipinski definition) is 2. The maximum atomic E-state index is 5.61. The van der Waals surface area contributed by atoms with E-state index in [-0.39, 0.29) is 6.04 Å². The Labute approximate surface area is 108 Å². The molecule has 0 saturated carbocycles. The molecule has 1 aromatic rings. The molecule has 0 heterocycles. The zero-order chi connectivity index (χ0) is 12.7. The Balaban J connectivity index is 2.59. The van der Waals surface area contributed by atoms with Crippen LogP contribution in [0.25, 0.3) is 0 Å². The minimum Gasteiger partial charge on any atom is -0.497 e. The molecule has 1 aromatic carbocycles. The molecule has 1 unspecified atom stereocenters. The molecule has 0 aliphatic carbocycles. The van der Waals surface area contributed by atoms with Gasteiger partial charge in [-0.15, -0.1) is 0 Å². The second-order valence-electron chi connectivity index (χ2n) is 4.43. The smallest absolute Gasteiger partial charge is 0.119 e. The molecule has 3 N–H and O–H groups in total. The van der Waals surface area contributed by atoms with Gasteiger partial charge in [-0.1, -0.05) is 26.0 Å². The average molecular weight is 254 g/mol. The normalized spacial score (nSPS) is 12.8. The zero-order valence-corrected chi connectivity index (χ0v) is 11.6. The second-order valence-corrected chi connectivity index (χ2v) is 5.50. The minimum atomic E-state index is 0.175. The van der Waals surface area contributed by atoms with Gasteiger partial charge in [0.2, 0.25) is 0 Å². The van der Waals surface area contributed by atoms with Crippen LogP contribution in [0.3, 0.4) is 0 Å². The fourth-order valence-electron chi connectivity index (χ4n) is 1.52. The lowest BCUT2D eigenvalue weighted by Crippen LogP contribution is -2.29. The summed E-state index contributed by atoms with van der Waals surface area (Å²) in [7, 11) is 1.68. The fraction of sp³-hybridized carbons (Fsp3) is 0.538. The number of hydrogen-bond acceptors (Lipinski definition) is 4. The van der Waals surface area contributed by atoms with E-state index in [0.29, 0.717) is 5.92 Å². The van der Waals surface area contributed by atoms with Crippen LogP contribution in [-0.2, 0) is 0 Å². The molecular formula is C13H22N2OS. The highest BCUT2D eigenvalue weighted by molar-refractivity contribution is 7.99. The Morgan fingerprint density at radius 1 is 1.35 bits per heavy atom. The highest BCUT2D eigenvalue weighted by Crippen LogP contribution is 2.22. The van der Waals surface area contributed by atoms with E-state index in [2.05, 4.69) is 25.3 Å². The number of rotatable bonds is 7. The molecule has 0 bridgehead atoms. The van der Waals surface area contributed by atoms with Crippen LogP contribution in [0.2, 0.25) is 0 Å². The molecule has 0 spiro atoms. The molecule has 0 radical (unpaired) electrons. The van der Waals surface area contributed by atoms with E-state index in [0.717, 1.165) is 17.3 Å². The van der Waals surface area contributed by atoms with Crippen LogP contribution in [0.1, 0.15) is 25.5 Å². The first kappa shape index (κ1) is 14.4. The van der Waals surface area contributed by atoms with Crippen LogP contribution < -0.4 is 16.0 Å². The Bertz CT molecular complexity index is 331. The number of ether oxygens (including phenoxy) is 1. The predicted octanol–water partition coefficient (Wildman–Crippen LogP) is 2.59. The summed E-state index contributed by atoms with van der Waals surface area (Å²) in [5.74, 6) is 9.32. The molecule has 3 nitrogen and oxygen atoms in total. The van der Waals surface area contributed by atoms with Crippen LogP contribution in [0.4, 0.5) is 0 Å². The van der Waals surface area contributed by atoms with E-state index in [4.69, 9.17) is 10.6 Å². The molecule has 0 aliphatic heterocycles. The van der Waals surface area contributed by atoms with E-state index < -0.39 is 0 Å². The molecule has 96 valence electrons. The zero-order valence-electron chi connectivity index (χ0n) is 10.8. The Kier molecular flexibility index (Phi) is 6.40. The maximum Gasteiger partial charge on any atom is 0.119 e. The van der Waals surface area contributed by atoms with Crippen molar-refractivity contribution in [3.8, 4) is 5.75 Å². The molecule has 0 fully saturated rings. The Morgan fingerprint density at radius 2 is 2.12 bits per heavy atom. The number of nitrogens with two attached hydrogens (primary N) is 1. The number of nitrogens with one attached hydrogen (secondary N) is 1. The van der Waals surface area contributed by atoms with Gasteiger partial charge in [-0.2, -0.15) is 11.8 Å². The number of benzene rings is 1. The summed E-state index contributed by atoms with van der Waals surface area (Å²) in [6.45, 7) is 4.45. The van der Waals surface area contributed by atoms with Gasteiger partial charge in [0.15, 0.2) is 0 Å². The highest BCUT2D eigenvalue weighted by Gasteiger charge is 2.10. The van der Waals surface area contributed by atoms with Gasteiger partial charge < -0.3 is 4.74 Å². The lowest BCUT2D eigenvalue weighted by molar-refractivity contribution is 0.413. The fourth-order valence-corrected chi connectivity index (χ4v) is 2.65. The van der Waals surface area contributed by atoms with Crippen molar-refractivity contribution in [3.63, 3.8) is 0 Å². The SMILES string of the molecule is COc1cccc(C(CSCC(C)C)NN)c1. The Morgan fingerprint density at radius 3 is 2.71 bits per heavy atom. The summed E-state index contributed by atoms with van der Waals surface area (Å²) in [5, 5.41) is 0. The van der Waals surface area contributed by atoms with Gasteiger partial charge in [0.25, 0.3) is 0 Å². The van der Waals surface area contributed by atoms with E-state index in [1.807, 2.05) is 30.0 Å². The Hall–Kier alpha value is -0.710. The quantitative estimate of drug-likeness (QED) is 0.580. The minimum absolute atomic E-state index is 0.175. The standard InChI is InChI=1S/C13H22N2OS/c1-10(2)8-17-9-13(15-14)11-5-4-6-12(7-11)16-3/h4-7,10,13,15H,8-9,14H2,1-3H3. The van der Waals surface area contributed by atoms with Crippen molar-refractivity contribution in [3.05, 3.63) is 29.8 Å². The molecule has 17 heavy (non-hydrogen) atoms. The van der Waals surface area contributed by atoms with Crippen LogP contribution >= 0.6 is 11.8 Å². The summed E-state index contributed by atoms with van der Waals surface area (Å²) < 4.78 is 5.22. The van der Waals surface area contributed by atoms with Crippen molar-refractivity contribution in [1.29, 1.82) is 0 Å². The first-order chi connectivity index (χ1) is 8.17. The van der Waals surface area contributed by atoms with E-state index in [9.17, 15) is 0 Å². The molecule has 1 atom stereocenters. The summed E-state index contributed by atoms with van der Waals surface area (Å²) >= 11 is 1.92. The van der Waals surface area contributed by atoms with Gasteiger partial charge >= 0.3 is 0 Å². The lowest BCUT2D eigenvalue weighted by atomic mass is 10.1. The van der Waals surface area contributed by atoms with E-state index >= 15 is 0 Å². The van der Waals surface area contributed by atoms with Crippen LogP contribution in [-0.4, -0.2) is 18.6 Å². The molecule has 0 saturated heterocycles. The van der Waals surface area contributed by atoms with Crippen LogP contribution in [0.5, 0.6) is 5.75 Å². The molecule has 4 heteroatoms. The van der Waals surface area contributed by atoms with Gasteiger partial charge in [0.1, 0.15) is 5.75 Å². The molecule has 0 aromatic heterocycles. The topological polar surface area (TPSA) is 47.3 Å². The van der Waals surface area contributed by atoms with E-state index in [1.54, 1.807) is 7.11 Å². The van der Waals surface area contributed by atoms with Crippen molar-refractivity contribution in [1.82, 2.24) is 5.43 Å². The third-order valence-electron chi connectivity index (χ3n) is 2.43. The maximum absolute atomic E-state index is 5.61. The average Bonchev–Trinajstić information content (AvgIpc) is 2.34. The highest BCUT2D eigenvalue weighted by atomic mass is 32.2. The lowest BCUT2D eigenvalue weighted by Gasteiger charge is -2.17. The molecule has 0 amide bonds. The van der Waals surface area contributed by atoms with Crippen molar-refractivity contribution in [2.75, 3.05) is 18.6 Å². The van der Waals surface area contributed by atoms with Crippen LogP contribution in [0, 0.1) is 5.92 Å². The van der Waals surface area contributed by atoms with Gasteiger partial charge in [-0.05, 0) is 29.4 Å². The number of thioether (sulfide) groups is 1. The van der Waals surface area contributed by atoms with Crippen molar-refractivity contribution in [2.45, 2.75) is 19.9 Å². The van der Waals surface area contributed by atoms with Gasteiger partial charge in [0.05, 0.1) is 13.2 Å². The van der Waals surface area contributed by atoms with Gasteiger partial charge in [0, 0.05) is 5.75 Å². The summed E-state index contributed by atoms with van der Waals surface area (Å²) in [6, 6.07) is 8.21. The molecular weight excluding hydrogens is 232 g/mol. The predicted molar refractivity (Wildman–Crippen MR) is 75.2 cm³/mol.